The highest BCUT2D eigenvalue weighted by atomic mass is 16.5. The van der Waals surface area contributed by atoms with E-state index in [4.69, 9.17) is 9.84 Å². The van der Waals surface area contributed by atoms with Gasteiger partial charge < -0.3 is 9.84 Å². The molecule has 0 saturated carbocycles. The number of tetrazole rings is 1. The number of nitrogens with zero attached hydrogens (tertiary/aromatic N) is 4. The van der Waals surface area contributed by atoms with E-state index >= 15 is 0 Å². The van der Waals surface area contributed by atoms with Gasteiger partial charge in [-0.15, -0.1) is 0 Å². The molecule has 0 unspecified atom stereocenters. The first-order valence-electron chi connectivity index (χ1n) is 6.59. The summed E-state index contributed by atoms with van der Waals surface area (Å²) in [6.07, 6.45) is 0.517. The quantitative estimate of drug-likeness (QED) is 0.774. The van der Waals surface area contributed by atoms with E-state index in [1.54, 1.807) is 0 Å². The Kier molecular flexibility index (Phi) is 3.88. The summed E-state index contributed by atoms with van der Waals surface area (Å²) >= 11 is 0. The van der Waals surface area contributed by atoms with Gasteiger partial charge >= 0.3 is 6.01 Å². The number of aliphatic hydroxyl groups is 1. The molecule has 21 heavy (non-hydrogen) atoms. The molecule has 0 atom stereocenters. The zero-order chi connectivity index (χ0) is 14.5. The molecule has 0 aliphatic rings. The molecule has 3 aromatic rings. The van der Waals surface area contributed by atoms with Gasteiger partial charge in [-0.25, -0.2) is 0 Å². The van der Waals surface area contributed by atoms with Crippen LogP contribution >= 0.6 is 0 Å². The summed E-state index contributed by atoms with van der Waals surface area (Å²) in [4.78, 5) is 0. The third-order valence-electron chi connectivity index (χ3n) is 3.00. The average molecular weight is 282 g/mol. The Balaban J connectivity index is 1.92. The summed E-state index contributed by atoms with van der Waals surface area (Å²) in [6.45, 7) is 0.0595. The number of hydrogen-bond acceptors (Lipinski definition) is 5. The third-order valence-corrected chi connectivity index (χ3v) is 3.00. The third kappa shape index (κ3) is 2.90. The van der Waals surface area contributed by atoms with Crippen LogP contribution in [0, 0.1) is 0 Å². The Labute approximate surface area is 121 Å². The number of ether oxygens (including phenoxy) is 1. The summed E-state index contributed by atoms with van der Waals surface area (Å²) in [6, 6.07) is 17.3. The molecular weight excluding hydrogens is 268 g/mol. The number of para-hydroxylation sites is 2. The molecule has 3 rings (SSSR count). The first-order valence-corrected chi connectivity index (χ1v) is 6.59. The van der Waals surface area contributed by atoms with Gasteiger partial charge in [-0.2, -0.15) is 4.68 Å². The Morgan fingerprint density at radius 2 is 1.76 bits per heavy atom. The average Bonchev–Trinajstić information content (AvgIpc) is 2.99. The number of benzene rings is 2. The second kappa shape index (κ2) is 6.15. The topological polar surface area (TPSA) is 73.1 Å². The fourth-order valence-corrected chi connectivity index (χ4v) is 2.00. The zero-order valence-electron chi connectivity index (χ0n) is 11.3. The number of aliphatic hydroxyl groups excluding tert-OH is 1. The predicted molar refractivity (Wildman–Crippen MR) is 76.5 cm³/mol. The van der Waals surface area contributed by atoms with Crippen molar-refractivity contribution < 1.29 is 9.84 Å². The number of aromatic nitrogens is 4. The molecule has 1 aromatic heterocycles. The van der Waals surface area contributed by atoms with Crippen molar-refractivity contribution in [3.8, 4) is 17.4 Å². The predicted octanol–water partition coefficient (Wildman–Crippen LogP) is 1.99. The molecule has 2 aromatic carbocycles. The van der Waals surface area contributed by atoms with E-state index in [2.05, 4.69) is 15.5 Å². The highest BCUT2D eigenvalue weighted by Crippen LogP contribution is 2.25. The largest absolute Gasteiger partial charge is 0.423 e. The lowest BCUT2D eigenvalue weighted by atomic mass is 10.1. The lowest BCUT2D eigenvalue weighted by Crippen LogP contribution is -2.02. The van der Waals surface area contributed by atoms with Crippen LogP contribution in [0.15, 0.2) is 54.6 Å². The zero-order valence-corrected chi connectivity index (χ0v) is 11.3. The minimum atomic E-state index is 0.0595. The van der Waals surface area contributed by atoms with Crippen LogP contribution in [-0.4, -0.2) is 31.9 Å². The molecule has 6 heteroatoms. The van der Waals surface area contributed by atoms with Gasteiger partial charge in [0.15, 0.2) is 0 Å². The Morgan fingerprint density at radius 3 is 2.57 bits per heavy atom. The van der Waals surface area contributed by atoms with Crippen molar-refractivity contribution in [3.05, 3.63) is 60.2 Å². The maximum absolute atomic E-state index is 9.10. The van der Waals surface area contributed by atoms with E-state index < -0.39 is 0 Å². The SMILES string of the molecule is OCCc1ccccc1Oc1nnnn1-c1ccccc1. The summed E-state index contributed by atoms with van der Waals surface area (Å²) < 4.78 is 7.33. The molecule has 0 saturated heterocycles. The monoisotopic (exact) mass is 282 g/mol. The smallest absolute Gasteiger partial charge is 0.345 e. The molecule has 0 spiro atoms. The van der Waals surface area contributed by atoms with Crippen molar-refractivity contribution in [1.29, 1.82) is 0 Å². The molecule has 0 bridgehead atoms. The molecule has 106 valence electrons. The molecule has 0 radical (unpaired) electrons. The van der Waals surface area contributed by atoms with E-state index in [9.17, 15) is 0 Å². The first-order chi connectivity index (χ1) is 10.4. The van der Waals surface area contributed by atoms with Crippen molar-refractivity contribution in [3.63, 3.8) is 0 Å². The lowest BCUT2D eigenvalue weighted by Gasteiger charge is -2.09. The van der Waals surface area contributed by atoms with Crippen LogP contribution in [0.3, 0.4) is 0 Å². The van der Waals surface area contributed by atoms with Gasteiger partial charge in [0.2, 0.25) is 0 Å². The highest BCUT2D eigenvalue weighted by molar-refractivity contribution is 5.37. The molecule has 6 nitrogen and oxygen atoms in total. The fraction of sp³-hybridized carbons (Fsp3) is 0.133. The van der Waals surface area contributed by atoms with E-state index in [1.165, 1.54) is 4.68 Å². The number of rotatable bonds is 5. The standard InChI is InChI=1S/C15H14N4O2/c20-11-10-12-6-4-5-9-14(12)21-15-16-17-18-19(15)13-7-2-1-3-8-13/h1-9,20H,10-11H2. The van der Waals surface area contributed by atoms with Gasteiger partial charge in [0, 0.05) is 6.61 Å². The van der Waals surface area contributed by atoms with Gasteiger partial charge in [0.05, 0.1) is 5.69 Å². The van der Waals surface area contributed by atoms with Crippen LogP contribution in [0.4, 0.5) is 0 Å². The minimum absolute atomic E-state index is 0.0595. The van der Waals surface area contributed by atoms with Gasteiger partial charge in [-0.3, -0.25) is 0 Å². The van der Waals surface area contributed by atoms with Crippen molar-refractivity contribution in [2.24, 2.45) is 0 Å². The molecule has 1 N–H and O–H groups in total. The van der Waals surface area contributed by atoms with Crippen molar-refractivity contribution in [2.45, 2.75) is 6.42 Å². The molecule has 0 aliphatic heterocycles. The maximum Gasteiger partial charge on any atom is 0.345 e. The van der Waals surface area contributed by atoms with Crippen LogP contribution in [0.5, 0.6) is 11.8 Å². The van der Waals surface area contributed by atoms with Crippen molar-refractivity contribution in [1.82, 2.24) is 20.2 Å². The Hall–Kier alpha value is -2.73. The molecule has 1 heterocycles. The summed E-state index contributed by atoms with van der Waals surface area (Å²) in [5.41, 5.74) is 1.72. The highest BCUT2D eigenvalue weighted by Gasteiger charge is 2.12. The number of hydrogen-bond donors (Lipinski definition) is 1. The normalized spacial score (nSPS) is 10.5. The van der Waals surface area contributed by atoms with E-state index in [0.717, 1.165) is 11.3 Å². The molecule has 0 fully saturated rings. The molecule has 0 aliphatic carbocycles. The van der Waals surface area contributed by atoms with Crippen molar-refractivity contribution in [2.75, 3.05) is 6.61 Å². The van der Waals surface area contributed by atoms with Crippen LogP contribution in [-0.2, 0) is 6.42 Å². The fourth-order valence-electron chi connectivity index (χ4n) is 2.00. The van der Waals surface area contributed by atoms with Crippen LogP contribution < -0.4 is 4.74 Å². The summed E-state index contributed by atoms with van der Waals surface area (Å²) in [5, 5.41) is 20.6. The van der Waals surface area contributed by atoms with Crippen LogP contribution in [0.2, 0.25) is 0 Å². The maximum atomic E-state index is 9.10. The van der Waals surface area contributed by atoms with E-state index in [1.807, 2.05) is 54.6 Å². The van der Waals surface area contributed by atoms with Gasteiger partial charge in [-0.05, 0) is 40.6 Å². The van der Waals surface area contributed by atoms with Crippen LogP contribution in [0.1, 0.15) is 5.56 Å². The van der Waals surface area contributed by atoms with Gasteiger partial charge in [0.25, 0.3) is 0 Å². The van der Waals surface area contributed by atoms with Crippen LogP contribution in [0.25, 0.3) is 5.69 Å². The Morgan fingerprint density at radius 1 is 1.00 bits per heavy atom. The summed E-state index contributed by atoms with van der Waals surface area (Å²) in [7, 11) is 0. The van der Waals surface area contributed by atoms with Crippen molar-refractivity contribution >= 4 is 0 Å². The second-order valence-electron chi connectivity index (χ2n) is 4.39. The lowest BCUT2D eigenvalue weighted by molar-refractivity contribution is 0.297. The van der Waals surface area contributed by atoms with E-state index in [-0.39, 0.29) is 12.6 Å². The molecular formula is C15H14N4O2. The van der Waals surface area contributed by atoms with E-state index in [0.29, 0.717) is 12.2 Å². The Bertz CT molecular complexity index is 712. The second-order valence-corrected chi connectivity index (χ2v) is 4.39. The summed E-state index contributed by atoms with van der Waals surface area (Å²) in [5.74, 6) is 0.638. The first kappa shape index (κ1) is 13.3. The van der Waals surface area contributed by atoms with Gasteiger partial charge in [0.1, 0.15) is 5.75 Å². The minimum Gasteiger partial charge on any atom is -0.423 e. The van der Waals surface area contributed by atoms with Gasteiger partial charge in [-0.1, -0.05) is 41.5 Å². The molecule has 0 amide bonds.